The van der Waals surface area contributed by atoms with Crippen LogP contribution < -0.4 is 0 Å². The van der Waals surface area contributed by atoms with Gasteiger partial charge in [-0.25, -0.2) is 4.89 Å². The van der Waals surface area contributed by atoms with E-state index in [4.69, 9.17) is 20.2 Å². The first kappa shape index (κ1) is 14.5. The summed E-state index contributed by atoms with van der Waals surface area (Å²) in [6.07, 6.45) is -0.405. The van der Waals surface area contributed by atoms with E-state index in [9.17, 15) is 9.36 Å². The minimum absolute atomic E-state index is 0.0376. The van der Waals surface area contributed by atoms with Crippen LogP contribution in [0.3, 0.4) is 0 Å². The maximum atomic E-state index is 11.2. The number of carbonyl (C=O) groups is 1. The summed E-state index contributed by atoms with van der Waals surface area (Å²) in [6, 6.07) is 0. The lowest BCUT2D eigenvalue weighted by Crippen LogP contribution is -2.36. The number of hydrogen-bond acceptors (Lipinski definition) is 4. The second-order valence-electron chi connectivity index (χ2n) is 3.36. The van der Waals surface area contributed by atoms with Crippen LogP contribution in [-0.4, -0.2) is 37.9 Å². The Morgan fingerprint density at radius 1 is 1.47 bits per heavy atom. The second-order valence-corrected chi connectivity index (χ2v) is 5.40. The van der Waals surface area contributed by atoms with Crippen molar-refractivity contribution in [1.82, 2.24) is 0 Å². The lowest BCUT2D eigenvalue weighted by atomic mass is 10.00. The molecule has 0 amide bonds. The second kappa shape index (κ2) is 5.58. The van der Waals surface area contributed by atoms with Crippen LogP contribution in [0.1, 0.15) is 26.2 Å². The molecule has 0 bridgehead atoms. The van der Waals surface area contributed by atoms with Gasteiger partial charge in [0.05, 0.1) is 13.0 Å². The highest BCUT2D eigenvalue weighted by Gasteiger charge is 2.48. The Morgan fingerprint density at radius 2 is 2.00 bits per heavy atom. The zero-order chi connectivity index (χ0) is 12.1. The fourth-order valence-corrected chi connectivity index (χ4v) is 2.49. The molecule has 15 heavy (non-hydrogen) atoms. The SMILES string of the molecule is CCCC(COO)(CC(=O)O)P(=O)(O)O. The third kappa shape index (κ3) is 3.89. The molecule has 0 aromatic rings. The molecule has 0 heterocycles. The third-order valence-corrected chi connectivity index (χ3v) is 3.89. The number of carboxylic acids is 1. The molecule has 1 atom stereocenters. The molecular formula is C7H15O7P. The Hall–Kier alpha value is -0.460. The van der Waals surface area contributed by atoms with Gasteiger partial charge in [-0.15, -0.1) is 0 Å². The van der Waals surface area contributed by atoms with Crippen molar-refractivity contribution in [3.05, 3.63) is 0 Å². The van der Waals surface area contributed by atoms with Crippen molar-refractivity contribution in [2.45, 2.75) is 31.3 Å². The predicted octanol–water partition coefficient (Wildman–Crippen LogP) is 0.667. The minimum atomic E-state index is -4.66. The normalized spacial score (nSPS) is 16.0. The van der Waals surface area contributed by atoms with E-state index in [0.29, 0.717) is 6.42 Å². The van der Waals surface area contributed by atoms with Gasteiger partial charge < -0.3 is 14.9 Å². The summed E-state index contributed by atoms with van der Waals surface area (Å²) in [5.74, 6) is -1.34. The summed E-state index contributed by atoms with van der Waals surface area (Å²) in [5, 5.41) is 15.0. The molecule has 0 aliphatic heterocycles. The molecule has 1 unspecified atom stereocenters. The van der Waals surface area contributed by atoms with E-state index in [-0.39, 0.29) is 6.42 Å². The highest BCUT2D eigenvalue weighted by atomic mass is 31.2. The van der Waals surface area contributed by atoms with Gasteiger partial charge in [0.2, 0.25) is 0 Å². The molecule has 90 valence electrons. The maximum absolute atomic E-state index is 11.2. The van der Waals surface area contributed by atoms with Crippen molar-refractivity contribution < 1.29 is 34.4 Å². The van der Waals surface area contributed by atoms with Gasteiger partial charge in [-0.2, -0.15) is 0 Å². The summed E-state index contributed by atoms with van der Waals surface area (Å²) >= 11 is 0. The number of aliphatic carboxylic acids is 1. The fraction of sp³-hybridized carbons (Fsp3) is 0.857. The Bertz CT molecular complexity index is 252. The largest absolute Gasteiger partial charge is 0.481 e. The van der Waals surface area contributed by atoms with Gasteiger partial charge in [0.25, 0.3) is 0 Å². The summed E-state index contributed by atoms with van der Waals surface area (Å²) in [7, 11) is -4.66. The topological polar surface area (TPSA) is 124 Å². The quantitative estimate of drug-likeness (QED) is 0.293. The van der Waals surface area contributed by atoms with E-state index in [1.807, 2.05) is 0 Å². The van der Waals surface area contributed by atoms with Crippen molar-refractivity contribution >= 4 is 13.6 Å². The van der Waals surface area contributed by atoms with E-state index in [1.165, 1.54) is 0 Å². The van der Waals surface area contributed by atoms with Crippen LogP contribution in [0.2, 0.25) is 0 Å². The van der Waals surface area contributed by atoms with Gasteiger partial charge in [-0.05, 0) is 6.42 Å². The van der Waals surface area contributed by atoms with Crippen molar-refractivity contribution in [3.63, 3.8) is 0 Å². The van der Waals surface area contributed by atoms with Crippen molar-refractivity contribution in [2.75, 3.05) is 6.61 Å². The Labute approximate surface area is 86.8 Å². The molecule has 0 fully saturated rings. The number of rotatable bonds is 7. The molecule has 0 rings (SSSR count). The molecule has 7 nitrogen and oxygen atoms in total. The van der Waals surface area contributed by atoms with Gasteiger partial charge in [-0.1, -0.05) is 13.3 Å². The number of hydrogen-bond donors (Lipinski definition) is 4. The standard InChI is InChI=1S/C7H15O7P/c1-2-3-7(5-14-10,4-6(8)9)15(11,12)13/h10H,2-5H2,1H3,(H,8,9)(H2,11,12,13). The van der Waals surface area contributed by atoms with E-state index in [0.717, 1.165) is 0 Å². The molecule has 8 heteroatoms. The molecule has 0 saturated carbocycles. The Kier molecular flexibility index (Phi) is 5.41. The van der Waals surface area contributed by atoms with E-state index >= 15 is 0 Å². The van der Waals surface area contributed by atoms with Gasteiger partial charge in [0, 0.05) is 0 Å². The van der Waals surface area contributed by atoms with Crippen LogP contribution in [0.25, 0.3) is 0 Å². The fourth-order valence-electron chi connectivity index (χ4n) is 1.41. The van der Waals surface area contributed by atoms with Gasteiger partial charge in [0.1, 0.15) is 5.16 Å². The average Bonchev–Trinajstić information content (AvgIpc) is 2.01. The summed E-state index contributed by atoms with van der Waals surface area (Å²) in [4.78, 5) is 32.5. The molecule has 0 aromatic heterocycles. The van der Waals surface area contributed by atoms with Crippen molar-refractivity contribution in [2.24, 2.45) is 0 Å². The highest BCUT2D eigenvalue weighted by Crippen LogP contribution is 2.55. The van der Waals surface area contributed by atoms with Crippen LogP contribution in [0.4, 0.5) is 0 Å². The van der Waals surface area contributed by atoms with Gasteiger partial charge >= 0.3 is 13.6 Å². The van der Waals surface area contributed by atoms with Crippen LogP contribution in [0.15, 0.2) is 0 Å². The first-order valence-electron chi connectivity index (χ1n) is 4.33. The zero-order valence-electron chi connectivity index (χ0n) is 8.29. The molecule has 4 N–H and O–H groups in total. The van der Waals surface area contributed by atoms with E-state index < -0.39 is 31.7 Å². The van der Waals surface area contributed by atoms with E-state index in [1.54, 1.807) is 6.92 Å². The monoisotopic (exact) mass is 242 g/mol. The lowest BCUT2D eigenvalue weighted by Gasteiger charge is -2.31. The molecule has 0 aromatic carbocycles. The zero-order valence-corrected chi connectivity index (χ0v) is 9.18. The van der Waals surface area contributed by atoms with Crippen LogP contribution in [0, 0.1) is 0 Å². The van der Waals surface area contributed by atoms with Gasteiger partial charge in [0.15, 0.2) is 0 Å². The van der Waals surface area contributed by atoms with E-state index in [2.05, 4.69) is 4.89 Å². The average molecular weight is 242 g/mol. The van der Waals surface area contributed by atoms with Crippen LogP contribution in [-0.2, 0) is 14.2 Å². The maximum Gasteiger partial charge on any atom is 0.334 e. The highest BCUT2D eigenvalue weighted by molar-refractivity contribution is 7.53. The third-order valence-electron chi connectivity index (χ3n) is 2.15. The smallest absolute Gasteiger partial charge is 0.334 e. The molecule has 0 aliphatic rings. The molecule has 0 aliphatic carbocycles. The molecule has 0 radical (unpaired) electrons. The first-order valence-corrected chi connectivity index (χ1v) is 5.94. The Morgan fingerprint density at radius 3 is 2.27 bits per heavy atom. The lowest BCUT2D eigenvalue weighted by molar-refractivity contribution is -0.249. The van der Waals surface area contributed by atoms with Crippen LogP contribution >= 0.6 is 7.60 Å². The molecule has 0 saturated heterocycles. The Balaban J connectivity index is 5.06. The molecule has 0 spiro atoms. The predicted molar refractivity (Wildman–Crippen MR) is 50.5 cm³/mol. The first-order chi connectivity index (χ1) is 6.79. The number of carboxylic acid groups (broad SMARTS) is 1. The van der Waals surface area contributed by atoms with Crippen LogP contribution in [0.5, 0.6) is 0 Å². The van der Waals surface area contributed by atoms with Gasteiger partial charge in [-0.3, -0.25) is 14.6 Å². The summed E-state index contributed by atoms with van der Waals surface area (Å²) < 4.78 is 11.2. The summed E-state index contributed by atoms with van der Waals surface area (Å²) in [6.45, 7) is 0.959. The van der Waals surface area contributed by atoms with Crippen molar-refractivity contribution in [1.29, 1.82) is 0 Å². The minimum Gasteiger partial charge on any atom is -0.481 e. The van der Waals surface area contributed by atoms with Crippen molar-refractivity contribution in [3.8, 4) is 0 Å². The summed E-state index contributed by atoms with van der Waals surface area (Å²) in [5.41, 5.74) is 0. The molecular weight excluding hydrogens is 227 g/mol.